The first-order chi connectivity index (χ1) is 3.00. The summed E-state index contributed by atoms with van der Waals surface area (Å²) in [4.78, 5) is 14.0. The molecule has 0 aromatic heterocycles. The fourth-order valence-corrected chi connectivity index (χ4v) is 0. The first-order valence-electron chi connectivity index (χ1n) is 1.32. The molecule has 6 heteroatoms. The number of rotatable bonds is 0. The van der Waals surface area contributed by atoms with E-state index in [2.05, 4.69) is 18.5 Å². The summed E-state index contributed by atoms with van der Waals surface area (Å²) in [6.07, 6.45) is 0. The van der Waals surface area contributed by atoms with Crippen molar-refractivity contribution in [3.8, 4) is 0 Å². The predicted molar refractivity (Wildman–Crippen MR) is 49.5 cm³/mol. The third kappa shape index (κ3) is 1280. The summed E-state index contributed by atoms with van der Waals surface area (Å²) in [5.74, 6) is 0. The van der Waals surface area contributed by atoms with Crippen molar-refractivity contribution in [1.82, 2.24) is 0 Å². The monoisotopic (exact) mass is 168 g/mol. The van der Waals surface area contributed by atoms with E-state index in [0.717, 1.165) is 0 Å². The molecule has 4 N–H and O–H groups in total. The van der Waals surface area contributed by atoms with Gasteiger partial charge < -0.3 is 11.0 Å². The van der Waals surface area contributed by atoms with E-state index in [1.807, 2.05) is 13.3 Å². The zero-order valence-corrected chi connectivity index (χ0v) is 7.28. The van der Waals surface area contributed by atoms with Gasteiger partial charge in [-0.2, -0.15) is 0 Å². The highest BCUT2D eigenvalue weighted by molar-refractivity contribution is 7.15. The van der Waals surface area contributed by atoms with Crippen LogP contribution in [0.15, 0.2) is 0 Å². The molecule has 0 heterocycles. The van der Waals surface area contributed by atoms with Crippen molar-refractivity contribution in [2.75, 3.05) is 13.3 Å². The molecule has 0 saturated heterocycles. The minimum absolute atomic E-state index is 0. The van der Waals surface area contributed by atoms with Crippen LogP contribution in [-0.4, -0.2) is 24.3 Å². The van der Waals surface area contributed by atoms with Gasteiger partial charge in [0.05, 0.1) is 0 Å². The minimum atomic E-state index is 0. The molecule has 0 rings (SSSR count). The Morgan fingerprint density at radius 1 is 0.875 bits per heavy atom. The maximum Gasteiger partial charge on any atom is 0 e. The normalized spacial score (nSPS) is 2.00. The second kappa shape index (κ2) is 2080. The number of hydrogen-bond acceptors (Lipinski definition) is 2. The Labute approximate surface area is 56.6 Å². The first kappa shape index (κ1) is 40.0. The van der Waals surface area contributed by atoms with E-state index in [1.165, 1.54) is 0 Å². The molecular weight excluding hydrogens is 150 g/mol. The molecular formula is C2H18O4P2. The lowest BCUT2D eigenvalue weighted by atomic mass is 12.0. The van der Waals surface area contributed by atoms with Crippen LogP contribution in [0.2, 0.25) is 0 Å². The summed E-state index contributed by atoms with van der Waals surface area (Å²) in [6, 6.07) is 0. The Bertz CT molecular complexity index is 19.2. The van der Waals surface area contributed by atoms with E-state index in [1.54, 1.807) is 0 Å². The Morgan fingerprint density at radius 3 is 0.875 bits per heavy atom. The van der Waals surface area contributed by atoms with Crippen LogP contribution in [0.25, 0.3) is 0 Å². The molecule has 60 valence electrons. The fourth-order valence-electron chi connectivity index (χ4n) is 0. The van der Waals surface area contributed by atoms with Gasteiger partial charge in [-0.25, -0.2) is 0 Å². The molecule has 2 unspecified atom stereocenters. The van der Waals surface area contributed by atoms with Crippen LogP contribution in [0, 0.1) is 9.93 Å². The lowest BCUT2D eigenvalue weighted by molar-refractivity contribution is 0.823. The Morgan fingerprint density at radius 2 is 0.875 bits per heavy atom. The maximum absolute atomic E-state index is 7.00. The molecule has 0 radical (unpaired) electrons. The standard InChI is InChI=1S/2CH5P.O2.2H2O.2H2/c3*1-2;;;;/h2*2H2,1H3;;2*1H2;2*1H. The third-order valence-electron chi connectivity index (χ3n) is 0. The molecule has 0 aliphatic heterocycles. The Hall–Kier alpha value is 0.380. The Kier molecular flexibility index (Phi) is 10400. The Balaban J connectivity index is -0.00000000225. The summed E-state index contributed by atoms with van der Waals surface area (Å²) in [7, 11) is 4.83. The topological polar surface area (TPSA) is 97.1 Å². The molecule has 0 aliphatic rings. The second-order valence-electron chi connectivity index (χ2n) is 0. The summed E-state index contributed by atoms with van der Waals surface area (Å²) < 4.78 is 0. The van der Waals surface area contributed by atoms with Gasteiger partial charge in [-0.15, -0.1) is 18.5 Å². The predicted octanol–water partition coefficient (Wildman–Crippen LogP) is -0.108. The van der Waals surface area contributed by atoms with Gasteiger partial charge in [0.25, 0.3) is 0 Å². The molecule has 0 fully saturated rings. The smallest absolute Gasteiger partial charge is 0 e. The van der Waals surface area contributed by atoms with Crippen LogP contribution in [0.3, 0.4) is 0 Å². The van der Waals surface area contributed by atoms with Gasteiger partial charge in [0.1, 0.15) is 0 Å². The van der Waals surface area contributed by atoms with Gasteiger partial charge in [-0.05, 0) is 0 Å². The zero-order valence-electron chi connectivity index (χ0n) is 4.97. The van der Waals surface area contributed by atoms with E-state index in [9.17, 15) is 0 Å². The van der Waals surface area contributed by atoms with Gasteiger partial charge in [0.15, 0.2) is 0 Å². The zero-order chi connectivity index (χ0) is 6.00. The van der Waals surface area contributed by atoms with Crippen LogP contribution in [0.5, 0.6) is 0 Å². The van der Waals surface area contributed by atoms with Crippen molar-refractivity contribution in [3.05, 3.63) is 9.93 Å². The van der Waals surface area contributed by atoms with Crippen LogP contribution in [-0.2, 0) is 0 Å². The fraction of sp³-hybridized carbons (Fsp3) is 1.00. The van der Waals surface area contributed by atoms with E-state index in [0.29, 0.717) is 0 Å². The minimum Gasteiger partial charge on any atom is -0.412 e. The molecule has 2 atom stereocenters. The highest BCUT2D eigenvalue weighted by Gasteiger charge is 0.908. The molecule has 0 aromatic rings. The molecule has 4 nitrogen and oxygen atoms in total. The molecule has 0 aliphatic carbocycles. The van der Waals surface area contributed by atoms with Crippen LogP contribution < -0.4 is 0 Å². The largest absolute Gasteiger partial charge is 0.412 e. The van der Waals surface area contributed by atoms with Crippen molar-refractivity contribution in [2.45, 2.75) is 0 Å². The summed E-state index contributed by atoms with van der Waals surface area (Å²) in [6.45, 7) is 3.83. The highest BCUT2D eigenvalue weighted by atomic mass is 31.0. The van der Waals surface area contributed by atoms with Crippen LogP contribution >= 0.6 is 18.5 Å². The van der Waals surface area contributed by atoms with Gasteiger partial charge in [0.2, 0.25) is 0 Å². The molecule has 8 heavy (non-hydrogen) atoms. The third-order valence-corrected chi connectivity index (χ3v) is 0. The SMILES string of the molecule is CP.CP.O.O.O=O.[HH].[HH]. The van der Waals surface area contributed by atoms with Crippen molar-refractivity contribution in [2.24, 2.45) is 0 Å². The van der Waals surface area contributed by atoms with Gasteiger partial charge >= 0.3 is 0 Å². The van der Waals surface area contributed by atoms with Gasteiger partial charge in [0, 0.05) is 12.8 Å². The van der Waals surface area contributed by atoms with Crippen LogP contribution in [0.1, 0.15) is 2.85 Å². The second-order valence-corrected chi connectivity index (χ2v) is 0. The van der Waals surface area contributed by atoms with Gasteiger partial charge in [-0.1, -0.05) is 13.3 Å². The molecule has 0 spiro atoms. The van der Waals surface area contributed by atoms with E-state index in [-0.39, 0.29) is 13.8 Å². The average molecular weight is 168 g/mol. The molecule has 0 aromatic carbocycles. The maximum atomic E-state index is 7.00. The molecule has 0 bridgehead atoms. The lowest BCUT2D eigenvalue weighted by Gasteiger charge is -1.10. The van der Waals surface area contributed by atoms with Crippen molar-refractivity contribution in [1.29, 1.82) is 0 Å². The van der Waals surface area contributed by atoms with Gasteiger partial charge in [-0.3, -0.25) is 0 Å². The summed E-state index contributed by atoms with van der Waals surface area (Å²) in [5.41, 5.74) is 0. The van der Waals surface area contributed by atoms with E-state index < -0.39 is 0 Å². The molecule has 0 amide bonds. The van der Waals surface area contributed by atoms with Crippen molar-refractivity contribution < 1.29 is 13.8 Å². The van der Waals surface area contributed by atoms with E-state index >= 15 is 0 Å². The summed E-state index contributed by atoms with van der Waals surface area (Å²) in [5, 5.41) is 0. The molecule has 0 saturated carbocycles. The highest BCUT2D eigenvalue weighted by Crippen LogP contribution is 1.46. The quantitative estimate of drug-likeness (QED) is 0.471. The number of hydrogen-bond donors (Lipinski definition) is 0. The average Bonchev–Trinajstić information content (AvgIpc) is 1.81. The van der Waals surface area contributed by atoms with Crippen LogP contribution in [0.4, 0.5) is 0 Å². The van der Waals surface area contributed by atoms with E-state index in [4.69, 9.17) is 9.93 Å². The lowest BCUT2D eigenvalue weighted by Crippen LogP contribution is -0.804. The van der Waals surface area contributed by atoms with Crippen molar-refractivity contribution >= 4 is 18.5 Å². The van der Waals surface area contributed by atoms with Crippen molar-refractivity contribution in [3.63, 3.8) is 0 Å². The summed E-state index contributed by atoms with van der Waals surface area (Å²) >= 11 is 0. The first-order valence-corrected chi connectivity index (χ1v) is 3.63.